The summed E-state index contributed by atoms with van der Waals surface area (Å²) in [7, 11) is 2.19. The number of rotatable bonds is 5. The average Bonchev–Trinajstić information content (AvgIpc) is 2.70. The Kier molecular flexibility index (Phi) is 6.66. The molecule has 0 spiro atoms. The molecule has 1 aromatic carbocycles. The fraction of sp³-hybridized carbons (Fsp3) is 0.696. The summed E-state index contributed by atoms with van der Waals surface area (Å²) in [6.45, 7) is 9.39. The highest BCUT2D eigenvalue weighted by Gasteiger charge is 2.45. The Hall–Kier alpha value is -1.59. The molecule has 3 N–H and O–H groups in total. The van der Waals surface area contributed by atoms with Crippen molar-refractivity contribution >= 4 is 5.91 Å². The van der Waals surface area contributed by atoms with Crippen molar-refractivity contribution in [1.82, 2.24) is 15.5 Å². The summed E-state index contributed by atoms with van der Waals surface area (Å²) in [6, 6.07) is 6.15. The molecule has 2 aliphatic heterocycles. The lowest BCUT2D eigenvalue weighted by molar-refractivity contribution is -0.123. The summed E-state index contributed by atoms with van der Waals surface area (Å²) in [6.07, 6.45) is 5.15. The van der Waals surface area contributed by atoms with Crippen molar-refractivity contribution in [2.75, 3.05) is 26.7 Å². The molecule has 2 aliphatic rings. The van der Waals surface area contributed by atoms with Gasteiger partial charge in [-0.05, 0) is 88.8 Å². The standard InChI is InChI=1S/C23H37N3O2/c1-16-8-9-19(27)15-20(16)23(11-14-26(4)18(3)17(23)2)10-13-25-22(28)21-7-5-6-12-24-21/h8-9,15,17-18,21,24,27H,5-7,10-14H2,1-4H3,(H,25,28)/t17-,18?,21?,23?/m0/s1. The second-order valence-corrected chi connectivity index (χ2v) is 8.96. The zero-order valence-electron chi connectivity index (χ0n) is 17.9. The first kappa shape index (κ1) is 21.1. The van der Waals surface area contributed by atoms with Crippen LogP contribution in [0.1, 0.15) is 57.1 Å². The van der Waals surface area contributed by atoms with Crippen LogP contribution < -0.4 is 10.6 Å². The molecular formula is C23H37N3O2. The van der Waals surface area contributed by atoms with E-state index in [2.05, 4.69) is 43.4 Å². The molecular weight excluding hydrogens is 350 g/mol. The smallest absolute Gasteiger partial charge is 0.237 e. The minimum Gasteiger partial charge on any atom is -0.508 e. The normalized spacial score (nSPS) is 31.5. The van der Waals surface area contributed by atoms with E-state index in [1.165, 1.54) is 11.1 Å². The van der Waals surface area contributed by atoms with Gasteiger partial charge in [-0.3, -0.25) is 4.79 Å². The number of hydrogen-bond acceptors (Lipinski definition) is 4. The fourth-order valence-electron chi connectivity index (χ4n) is 5.27. The number of benzene rings is 1. The number of hydrogen-bond donors (Lipinski definition) is 3. The van der Waals surface area contributed by atoms with Gasteiger partial charge >= 0.3 is 0 Å². The highest BCUT2D eigenvalue weighted by Crippen LogP contribution is 2.46. The number of likely N-dealkylation sites (tertiary alicyclic amines) is 1. The van der Waals surface area contributed by atoms with Crippen LogP contribution in [0.5, 0.6) is 5.75 Å². The van der Waals surface area contributed by atoms with Gasteiger partial charge in [-0.1, -0.05) is 19.4 Å². The molecule has 3 unspecified atom stereocenters. The van der Waals surface area contributed by atoms with E-state index in [9.17, 15) is 9.90 Å². The number of phenolic OH excluding ortho intramolecular Hbond substituents is 1. The van der Waals surface area contributed by atoms with Gasteiger partial charge in [-0.2, -0.15) is 0 Å². The van der Waals surface area contributed by atoms with Gasteiger partial charge in [0.05, 0.1) is 6.04 Å². The number of carbonyl (C=O) groups excluding carboxylic acids is 1. The lowest BCUT2D eigenvalue weighted by Crippen LogP contribution is -2.54. The Morgan fingerprint density at radius 2 is 2.14 bits per heavy atom. The van der Waals surface area contributed by atoms with Crippen LogP contribution in [0.2, 0.25) is 0 Å². The van der Waals surface area contributed by atoms with Crippen LogP contribution in [0.25, 0.3) is 0 Å². The lowest BCUT2D eigenvalue weighted by Gasteiger charge is -2.51. The molecule has 0 saturated carbocycles. The summed E-state index contributed by atoms with van der Waals surface area (Å²) in [5.41, 5.74) is 2.42. The Balaban J connectivity index is 1.79. The van der Waals surface area contributed by atoms with E-state index < -0.39 is 0 Å². The molecule has 0 radical (unpaired) electrons. The second kappa shape index (κ2) is 8.83. The van der Waals surface area contributed by atoms with Gasteiger partial charge < -0.3 is 20.6 Å². The molecule has 156 valence electrons. The lowest BCUT2D eigenvalue weighted by atomic mass is 9.61. The number of nitrogens with one attached hydrogen (secondary N) is 2. The van der Waals surface area contributed by atoms with E-state index in [0.717, 1.165) is 45.2 Å². The highest BCUT2D eigenvalue weighted by atomic mass is 16.3. The predicted molar refractivity (Wildman–Crippen MR) is 114 cm³/mol. The topological polar surface area (TPSA) is 64.6 Å². The molecule has 4 atom stereocenters. The number of aromatic hydroxyl groups is 1. The first-order valence-electron chi connectivity index (χ1n) is 10.9. The van der Waals surface area contributed by atoms with E-state index in [-0.39, 0.29) is 17.4 Å². The van der Waals surface area contributed by atoms with Crippen LogP contribution in [-0.2, 0) is 10.2 Å². The number of phenols is 1. The van der Waals surface area contributed by atoms with Crippen LogP contribution in [-0.4, -0.2) is 54.7 Å². The number of carbonyl (C=O) groups is 1. The largest absolute Gasteiger partial charge is 0.508 e. The van der Waals surface area contributed by atoms with Gasteiger partial charge in [0.25, 0.3) is 0 Å². The van der Waals surface area contributed by atoms with Crippen LogP contribution in [0.4, 0.5) is 0 Å². The first-order valence-corrected chi connectivity index (χ1v) is 10.9. The van der Waals surface area contributed by atoms with Crippen molar-refractivity contribution in [2.24, 2.45) is 5.92 Å². The van der Waals surface area contributed by atoms with Crippen molar-refractivity contribution in [1.29, 1.82) is 0 Å². The van der Waals surface area contributed by atoms with E-state index in [1.807, 2.05) is 12.1 Å². The number of aryl methyl sites for hydroxylation is 1. The molecule has 0 bridgehead atoms. The van der Waals surface area contributed by atoms with E-state index >= 15 is 0 Å². The molecule has 1 aromatic rings. The van der Waals surface area contributed by atoms with Gasteiger partial charge in [0.15, 0.2) is 0 Å². The first-order chi connectivity index (χ1) is 13.3. The van der Waals surface area contributed by atoms with Crippen molar-refractivity contribution in [3.05, 3.63) is 29.3 Å². The van der Waals surface area contributed by atoms with Crippen molar-refractivity contribution in [3.8, 4) is 5.75 Å². The molecule has 2 heterocycles. The minimum atomic E-state index is -0.0407. The second-order valence-electron chi connectivity index (χ2n) is 8.96. The summed E-state index contributed by atoms with van der Waals surface area (Å²) in [5, 5.41) is 16.7. The van der Waals surface area contributed by atoms with Gasteiger partial charge in [0, 0.05) is 18.0 Å². The monoisotopic (exact) mass is 387 g/mol. The van der Waals surface area contributed by atoms with Gasteiger partial charge in [0.2, 0.25) is 5.91 Å². The zero-order valence-corrected chi connectivity index (χ0v) is 17.9. The van der Waals surface area contributed by atoms with Crippen molar-refractivity contribution in [3.63, 3.8) is 0 Å². The Labute approximate surface area is 169 Å². The third kappa shape index (κ3) is 4.20. The van der Waals surface area contributed by atoms with Crippen LogP contribution in [0.15, 0.2) is 18.2 Å². The third-order valence-electron chi connectivity index (χ3n) is 7.46. The van der Waals surface area contributed by atoms with Gasteiger partial charge in [-0.25, -0.2) is 0 Å². The Morgan fingerprint density at radius 1 is 1.36 bits per heavy atom. The maximum atomic E-state index is 12.6. The number of nitrogens with zero attached hydrogens (tertiary/aromatic N) is 1. The molecule has 1 amide bonds. The summed E-state index contributed by atoms with van der Waals surface area (Å²) < 4.78 is 0. The van der Waals surface area contributed by atoms with Crippen molar-refractivity contribution in [2.45, 2.75) is 70.4 Å². The summed E-state index contributed by atoms with van der Waals surface area (Å²) in [4.78, 5) is 15.0. The van der Waals surface area contributed by atoms with E-state index in [4.69, 9.17) is 0 Å². The minimum absolute atomic E-state index is 0.0397. The quantitative estimate of drug-likeness (QED) is 0.727. The highest BCUT2D eigenvalue weighted by molar-refractivity contribution is 5.81. The van der Waals surface area contributed by atoms with Crippen molar-refractivity contribution < 1.29 is 9.90 Å². The number of piperidine rings is 2. The van der Waals surface area contributed by atoms with Crippen LogP contribution >= 0.6 is 0 Å². The fourth-order valence-corrected chi connectivity index (χ4v) is 5.27. The maximum Gasteiger partial charge on any atom is 0.237 e. The summed E-state index contributed by atoms with van der Waals surface area (Å²) in [5.74, 6) is 0.891. The van der Waals surface area contributed by atoms with Crippen LogP contribution in [0.3, 0.4) is 0 Å². The molecule has 5 heteroatoms. The predicted octanol–water partition coefficient (Wildman–Crippen LogP) is 2.95. The Morgan fingerprint density at radius 3 is 2.86 bits per heavy atom. The molecule has 2 fully saturated rings. The molecule has 0 aromatic heterocycles. The zero-order chi connectivity index (χ0) is 20.3. The molecule has 5 nitrogen and oxygen atoms in total. The number of amides is 1. The molecule has 2 saturated heterocycles. The molecule has 3 rings (SSSR count). The maximum absolute atomic E-state index is 12.6. The average molecular weight is 388 g/mol. The molecule has 28 heavy (non-hydrogen) atoms. The molecule has 0 aliphatic carbocycles. The Bertz CT molecular complexity index is 686. The van der Waals surface area contributed by atoms with E-state index in [0.29, 0.717) is 24.3 Å². The van der Waals surface area contributed by atoms with Crippen LogP contribution in [0, 0.1) is 12.8 Å². The SMILES string of the molecule is Cc1ccc(O)cc1C1(CCNC(=O)C2CCCCN2)CCN(C)C(C)[C@@H]1C. The summed E-state index contributed by atoms with van der Waals surface area (Å²) >= 11 is 0. The van der Waals surface area contributed by atoms with Gasteiger partial charge in [0.1, 0.15) is 5.75 Å². The van der Waals surface area contributed by atoms with Gasteiger partial charge in [-0.15, -0.1) is 0 Å². The third-order valence-corrected chi connectivity index (χ3v) is 7.46. The van der Waals surface area contributed by atoms with E-state index in [1.54, 1.807) is 6.07 Å².